The number of Topliss-reactive ketones (excluding diaryl/α,β-unsaturated/α-hetero) is 1. The highest BCUT2D eigenvalue weighted by molar-refractivity contribution is 6.29. The number of allylic oxidation sites excluding steroid dienone is 4. The summed E-state index contributed by atoms with van der Waals surface area (Å²) in [5.74, 6) is -0.328. The number of carbonyl (C=O) groups excluding carboxylic acids is 3. The lowest BCUT2D eigenvalue weighted by atomic mass is 9.46. The molecule has 4 fully saturated rings. The Morgan fingerprint density at radius 3 is 2.84 bits per heavy atom. The maximum atomic E-state index is 13.1. The Hall–Kier alpha value is -1.63. The Morgan fingerprint density at radius 2 is 2.13 bits per heavy atom. The van der Waals surface area contributed by atoms with E-state index in [1.807, 2.05) is 19.9 Å². The lowest BCUT2D eigenvalue weighted by Gasteiger charge is -2.59. The van der Waals surface area contributed by atoms with Crippen LogP contribution in [-0.4, -0.2) is 47.1 Å². The van der Waals surface area contributed by atoms with Crippen molar-refractivity contribution in [3.63, 3.8) is 0 Å². The van der Waals surface area contributed by atoms with Gasteiger partial charge in [-0.05, 0) is 56.1 Å². The van der Waals surface area contributed by atoms with E-state index < -0.39 is 35.3 Å². The number of aliphatic hydroxyl groups is 1. The molecule has 1 aliphatic heterocycles. The van der Waals surface area contributed by atoms with Crippen molar-refractivity contribution in [1.82, 2.24) is 0 Å². The Bertz CT molecular complexity index is 890. The molecule has 0 radical (unpaired) electrons. The average Bonchev–Trinajstić information content (AvgIpc) is 3.20. The van der Waals surface area contributed by atoms with Gasteiger partial charge in [-0.2, -0.15) is 0 Å². The molecule has 0 amide bonds. The van der Waals surface area contributed by atoms with Gasteiger partial charge in [-0.25, -0.2) is 0 Å². The van der Waals surface area contributed by atoms with Gasteiger partial charge in [-0.1, -0.05) is 38.8 Å². The van der Waals surface area contributed by atoms with Crippen molar-refractivity contribution in [2.75, 3.05) is 0 Å². The summed E-state index contributed by atoms with van der Waals surface area (Å²) in [6.07, 6.45) is 8.30. The van der Waals surface area contributed by atoms with Crippen molar-refractivity contribution in [2.24, 2.45) is 28.6 Å². The summed E-state index contributed by atoms with van der Waals surface area (Å²) in [6.45, 7) is 6.17. The molecule has 1 saturated heterocycles. The van der Waals surface area contributed by atoms with E-state index in [1.165, 1.54) is 0 Å². The molecule has 0 bridgehead atoms. The SMILES string of the molecule is CCCC1OC2CC3C4CCC5=CC(=O)C=CC5(C)C4C(O)CC3(C)C2(C(=O)C=O)O1. The zero-order valence-corrected chi connectivity index (χ0v) is 18.5. The molecular weight excluding hydrogens is 396 g/mol. The molecule has 3 saturated carbocycles. The molecule has 6 nitrogen and oxygen atoms in total. The fraction of sp³-hybridized carbons (Fsp3) is 0.720. The van der Waals surface area contributed by atoms with E-state index in [4.69, 9.17) is 9.47 Å². The van der Waals surface area contributed by atoms with Crippen molar-refractivity contribution >= 4 is 17.9 Å². The van der Waals surface area contributed by atoms with Crippen molar-refractivity contribution < 1.29 is 29.0 Å². The van der Waals surface area contributed by atoms with Gasteiger partial charge in [0.15, 0.2) is 24.0 Å². The molecule has 6 heteroatoms. The van der Waals surface area contributed by atoms with Crippen LogP contribution in [0.2, 0.25) is 0 Å². The number of hydrogen-bond donors (Lipinski definition) is 1. The number of carbonyl (C=O) groups is 3. The van der Waals surface area contributed by atoms with E-state index in [-0.39, 0.29) is 29.0 Å². The van der Waals surface area contributed by atoms with Gasteiger partial charge in [0.1, 0.15) is 0 Å². The molecule has 0 aromatic heterocycles. The van der Waals surface area contributed by atoms with Crippen LogP contribution in [0.3, 0.4) is 0 Å². The van der Waals surface area contributed by atoms with Gasteiger partial charge < -0.3 is 14.6 Å². The normalized spacial score (nSPS) is 50.2. The quantitative estimate of drug-likeness (QED) is 0.547. The van der Waals surface area contributed by atoms with E-state index in [9.17, 15) is 19.5 Å². The molecule has 9 atom stereocenters. The highest BCUT2D eigenvalue weighted by Gasteiger charge is 2.75. The lowest BCUT2D eigenvalue weighted by Crippen LogP contribution is -2.63. The largest absolute Gasteiger partial charge is 0.393 e. The Kier molecular flexibility index (Phi) is 4.75. The molecule has 4 aliphatic carbocycles. The van der Waals surface area contributed by atoms with Crippen LogP contribution in [0.4, 0.5) is 0 Å². The van der Waals surface area contributed by atoms with E-state index in [0.29, 0.717) is 25.5 Å². The summed E-state index contributed by atoms with van der Waals surface area (Å²) in [7, 11) is 0. The molecule has 31 heavy (non-hydrogen) atoms. The first-order chi connectivity index (χ1) is 14.7. The molecule has 1 heterocycles. The Morgan fingerprint density at radius 1 is 1.35 bits per heavy atom. The fourth-order valence-electron chi connectivity index (χ4n) is 8.03. The first kappa shape index (κ1) is 21.2. The van der Waals surface area contributed by atoms with Gasteiger partial charge in [0.05, 0.1) is 12.2 Å². The molecular formula is C25H32O6. The molecule has 0 aromatic rings. The van der Waals surface area contributed by atoms with Crippen molar-refractivity contribution in [3.8, 4) is 0 Å². The maximum Gasteiger partial charge on any atom is 0.230 e. The number of ketones is 2. The Balaban J connectivity index is 1.56. The van der Waals surface area contributed by atoms with Crippen LogP contribution in [0, 0.1) is 28.6 Å². The molecule has 168 valence electrons. The minimum atomic E-state index is -1.32. The molecule has 9 unspecified atom stereocenters. The second-order valence-electron chi connectivity index (χ2n) is 10.6. The zero-order valence-electron chi connectivity index (χ0n) is 18.5. The minimum absolute atomic E-state index is 0.00996. The summed E-state index contributed by atoms with van der Waals surface area (Å²) in [5, 5.41) is 11.5. The number of rotatable bonds is 4. The number of aldehydes is 1. The van der Waals surface area contributed by atoms with E-state index >= 15 is 0 Å². The van der Waals surface area contributed by atoms with Crippen molar-refractivity contribution in [2.45, 2.75) is 83.4 Å². The third-order valence-corrected chi connectivity index (χ3v) is 9.29. The standard InChI is InChI=1S/C25H32O6/c1-4-5-21-30-20-11-17-16-7-6-14-10-15(27)8-9-23(14,2)22(16)18(28)12-24(17,3)25(20,31-21)19(29)13-26/h8-10,13,16-18,20-22,28H,4-7,11-12H2,1-3H3. The minimum Gasteiger partial charge on any atom is -0.393 e. The Labute approximate surface area is 183 Å². The molecule has 5 rings (SSSR count). The predicted octanol–water partition coefficient (Wildman–Crippen LogP) is 2.92. The van der Waals surface area contributed by atoms with Crippen LogP contribution >= 0.6 is 0 Å². The van der Waals surface area contributed by atoms with Crippen molar-refractivity contribution in [1.29, 1.82) is 0 Å². The van der Waals surface area contributed by atoms with Crippen LogP contribution in [0.15, 0.2) is 23.8 Å². The van der Waals surface area contributed by atoms with Crippen LogP contribution in [0.1, 0.15) is 59.3 Å². The van der Waals surface area contributed by atoms with Gasteiger partial charge in [0.25, 0.3) is 0 Å². The number of hydrogen-bond acceptors (Lipinski definition) is 6. The summed E-state index contributed by atoms with van der Waals surface area (Å²) >= 11 is 0. The van der Waals surface area contributed by atoms with Gasteiger partial charge in [-0.3, -0.25) is 14.4 Å². The average molecular weight is 429 g/mol. The summed E-state index contributed by atoms with van der Waals surface area (Å²) in [6, 6.07) is 0. The van der Waals surface area contributed by atoms with Gasteiger partial charge in [0, 0.05) is 16.7 Å². The van der Waals surface area contributed by atoms with Crippen LogP contribution in [0.5, 0.6) is 0 Å². The lowest BCUT2D eigenvalue weighted by molar-refractivity contribution is -0.198. The highest BCUT2D eigenvalue weighted by atomic mass is 16.7. The number of aliphatic hydroxyl groups excluding tert-OH is 1. The molecule has 0 aromatic carbocycles. The highest BCUT2D eigenvalue weighted by Crippen LogP contribution is 2.69. The van der Waals surface area contributed by atoms with Crippen molar-refractivity contribution in [3.05, 3.63) is 23.8 Å². The first-order valence-electron chi connectivity index (χ1n) is 11.7. The first-order valence-corrected chi connectivity index (χ1v) is 11.7. The smallest absolute Gasteiger partial charge is 0.230 e. The molecule has 1 N–H and O–H groups in total. The monoisotopic (exact) mass is 428 g/mol. The van der Waals surface area contributed by atoms with Gasteiger partial charge in [-0.15, -0.1) is 0 Å². The fourth-order valence-corrected chi connectivity index (χ4v) is 8.03. The molecule has 0 spiro atoms. The summed E-state index contributed by atoms with van der Waals surface area (Å²) in [4.78, 5) is 36.8. The van der Waals surface area contributed by atoms with E-state index in [0.717, 1.165) is 24.8 Å². The van der Waals surface area contributed by atoms with Crippen LogP contribution in [0.25, 0.3) is 0 Å². The molecule has 5 aliphatic rings. The second-order valence-corrected chi connectivity index (χ2v) is 10.6. The van der Waals surface area contributed by atoms with Gasteiger partial charge >= 0.3 is 0 Å². The van der Waals surface area contributed by atoms with Crippen LogP contribution < -0.4 is 0 Å². The van der Waals surface area contributed by atoms with Crippen LogP contribution in [-0.2, 0) is 23.9 Å². The summed E-state index contributed by atoms with van der Waals surface area (Å²) in [5.41, 5.74) is -1.27. The third kappa shape index (κ3) is 2.58. The van der Waals surface area contributed by atoms with E-state index in [1.54, 1.807) is 12.2 Å². The topological polar surface area (TPSA) is 89.9 Å². The summed E-state index contributed by atoms with van der Waals surface area (Å²) < 4.78 is 12.5. The number of ether oxygens (including phenoxy) is 2. The second kappa shape index (κ2) is 6.93. The maximum absolute atomic E-state index is 13.1. The number of fused-ring (bicyclic) bond motifs is 7. The zero-order chi connectivity index (χ0) is 22.2. The van der Waals surface area contributed by atoms with Gasteiger partial charge in [0.2, 0.25) is 5.78 Å². The van der Waals surface area contributed by atoms with E-state index in [2.05, 4.69) is 6.92 Å². The third-order valence-electron chi connectivity index (χ3n) is 9.29. The predicted molar refractivity (Wildman–Crippen MR) is 112 cm³/mol.